The second-order valence-electron chi connectivity index (χ2n) is 11.8. The third-order valence-electron chi connectivity index (χ3n) is 8.21. The predicted molar refractivity (Wildman–Crippen MR) is 179 cm³/mol. The Kier molecular flexibility index (Phi) is 13.1. The molecule has 13 heteroatoms. The molecular weight excluding hydrogens is 632 g/mol. The van der Waals surface area contributed by atoms with E-state index in [2.05, 4.69) is 39.0 Å². The van der Waals surface area contributed by atoms with Gasteiger partial charge in [-0.1, -0.05) is 91.3 Å². The molecule has 1 saturated heterocycles. The topological polar surface area (TPSA) is 161 Å². The lowest BCUT2D eigenvalue weighted by molar-refractivity contribution is -0.245. The zero-order chi connectivity index (χ0) is 33.7. The number of aromatic nitrogens is 4. The minimum Gasteiger partial charge on any atom is -0.392 e. The number of thioether (sulfide) groups is 1. The first-order chi connectivity index (χ1) is 23.4. The molecule has 5 rings (SSSR count). The van der Waals surface area contributed by atoms with Crippen LogP contribution in [-0.4, -0.2) is 54.2 Å². The summed E-state index contributed by atoms with van der Waals surface area (Å²) in [7, 11) is 1.81. The van der Waals surface area contributed by atoms with Crippen LogP contribution in [0.5, 0.6) is 0 Å². The summed E-state index contributed by atoms with van der Waals surface area (Å²) in [5, 5.41) is 33.5. The molecular formula is C35H42N6O6S. The summed E-state index contributed by atoms with van der Waals surface area (Å²) < 4.78 is 14.6. The van der Waals surface area contributed by atoms with Gasteiger partial charge in [0.2, 0.25) is 17.0 Å². The molecule has 1 aliphatic heterocycles. The molecule has 0 radical (unpaired) electrons. The van der Waals surface area contributed by atoms with E-state index in [1.807, 2.05) is 61.6 Å². The van der Waals surface area contributed by atoms with Crippen LogP contribution in [0.3, 0.4) is 0 Å². The van der Waals surface area contributed by atoms with Crippen molar-refractivity contribution < 1.29 is 29.4 Å². The highest BCUT2D eigenvalue weighted by Gasteiger charge is 2.32. The van der Waals surface area contributed by atoms with Crippen LogP contribution < -0.4 is 10.8 Å². The number of carbonyl (C=O) groups excluding carboxylic acids is 2. The molecule has 4 N–H and O–H groups in total. The van der Waals surface area contributed by atoms with Gasteiger partial charge in [-0.15, -0.1) is 5.10 Å². The third kappa shape index (κ3) is 10.2. The molecule has 3 aromatic carbocycles. The number of aliphatic hydroxyl groups excluding tert-OH is 1. The van der Waals surface area contributed by atoms with Gasteiger partial charge in [0, 0.05) is 44.2 Å². The third-order valence-corrected chi connectivity index (χ3v) is 9.35. The van der Waals surface area contributed by atoms with Crippen LogP contribution in [0.25, 0.3) is 11.1 Å². The predicted octanol–water partition coefficient (Wildman–Crippen LogP) is 5.17. The zero-order valence-corrected chi connectivity index (χ0v) is 27.8. The van der Waals surface area contributed by atoms with Crippen molar-refractivity contribution in [2.75, 3.05) is 5.75 Å². The molecule has 0 saturated carbocycles. The lowest BCUT2D eigenvalue weighted by Gasteiger charge is -2.36. The Morgan fingerprint density at radius 3 is 2.31 bits per heavy atom. The van der Waals surface area contributed by atoms with Crippen molar-refractivity contribution in [2.24, 2.45) is 7.05 Å². The van der Waals surface area contributed by atoms with Crippen molar-refractivity contribution in [2.45, 2.75) is 81.8 Å². The van der Waals surface area contributed by atoms with E-state index in [1.54, 1.807) is 21.9 Å². The Labute approximate surface area is 284 Å². The van der Waals surface area contributed by atoms with Gasteiger partial charge in [-0.3, -0.25) is 14.8 Å². The number of carbonyl (C=O) groups is 2. The molecule has 2 amide bonds. The molecule has 1 aliphatic rings. The van der Waals surface area contributed by atoms with Crippen LogP contribution in [0.15, 0.2) is 78.0 Å². The van der Waals surface area contributed by atoms with Gasteiger partial charge < -0.3 is 19.9 Å². The average molecular weight is 675 g/mol. The molecule has 1 aromatic heterocycles. The van der Waals surface area contributed by atoms with Gasteiger partial charge in [0.1, 0.15) is 0 Å². The molecule has 254 valence electrons. The van der Waals surface area contributed by atoms with E-state index in [-0.39, 0.29) is 37.0 Å². The Morgan fingerprint density at radius 1 is 0.896 bits per heavy atom. The van der Waals surface area contributed by atoms with Crippen LogP contribution in [0, 0.1) is 0 Å². The van der Waals surface area contributed by atoms with E-state index in [9.17, 15) is 14.7 Å². The lowest BCUT2D eigenvalue weighted by Crippen LogP contribution is -2.31. The fourth-order valence-electron chi connectivity index (χ4n) is 5.50. The Bertz CT molecular complexity index is 1620. The SMILES string of the molecule is Cn1nnnc1SCC1CC(c2ccc(CO)cc2)OC(c2ccc(-c3cccc(CNC(=O)CCCCCCC(=O)NO)c3)cc2)O1. The molecule has 0 spiro atoms. The van der Waals surface area contributed by atoms with E-state index >= 15 is 0 Å². The molecule has 0 bridgehead atoms. The number of benzene rings is 3. The fourth-order valence-corrected chi connectivity index (χ4v) is 6.36. The number of aliphatic hydroxyl groups is 1. The van der Waals surface area contributed by atoms with Crippen LogP contribution in [0.2, 0.25) is 0 Å². The van der Waals surface area contributed by atoms with Crippen molar-refractivity contribution in [1.82, 2.24) is 31.0 Å². The Hall–Kier alpha value is -4.14. The summed E-state index contributed by atoms with van der Waals surface area (Å²) in [4.78, 5) is 23.4. The monoisotopic (exact) mass is 674 g/mol. The highest BCUT2D eigenvalue weighted by Crippen LogP contribution is 2.39. The summed E-state index contributed by atoms with van der Waals surface area (Å²) in [6.07, 6.45) is 3.65. The molecule has 3 unspecified atom stereocenters. The number of nitrogens with zero attached hydrogens (tertiary/aromatic N) is 4. The summed E-state index contributed by atoms with van der Waals surface area (Å²) in [6.45, 7) is 0.430. The number of tetrazole rings is 1. The van der Waals surface area contributed by atoms with Gasteiger partial charge in [-0.25, -0.2) is 10.2 Å². The standard InChI is InChI=1S/C35H42N6O6S/c1-41-35(37-39-40-41)48-23-30-20-31(27-13-11-24(22-42)12-14-27)47-34(46-30)28-17-15-26(16-18-28)29-8-6-7-25(19-29)21-36-32(43)9-4-2-3-5-10-33(44)38-45/h6-8,11-19,30-31,34,42,45H,2-5,9-10,20-23H2,1H3,(H,36,43)(H,38,44). The fraction of sp³-hybridized carbons (Fsp3) is 0.400. The smallest absolute Gasteiger partial charge is 0.243 e. The zero-order valence-electron chi connectivity index (χ0n) is 27.0. The molecule has 4 aromatic rings. The summed E-state index contributed by atoms with van der Waals surface area (Å²) in [5.41, 5.74) is 7.50. The normalized spacial score (nSPS) is 17.6. The van der Waals surface area contributed by atoms with Crippen molar-refractivity contribution in [3.05, 3.63) is 95.1 Å². The second-order valence-corrected chi connectivity index (χ2v) is 12.8. The van der Waals surface area contributed by atoms with Crippen LogP contribution >= 0.6 is 11.8 Å². The molecule has 2 heterocycles. The first-order valence-electron chi connectivity index (χ1n) is 16.2. The van der Waals surface area contributed by atoms with Crippen molar-refractivity contribution in [3.63, 3.8) is 0 Å². The maximum atomic E-state index is 12.4. The molecule has 1 fully saturated rings. The molecule has 3 atom stereocenters. The van der Waals surface area contributed by atoms with Gasteiger partial charge >= 0.3 is 0 Å². The van der Waals surface area contributed by atoms with Gasteiger partial charge in [0.05, 0.1) is 18.8 Å². The van der Waals surface area contributed by atoms with Gasteiger partial charge in [0.25, 0.3) is 0 Å². The molecule has 0 aliphatic carbocycles. The largest absolute Gasteiger partial charge is 0.392 e. The van der Waals surface area contributed by atoms with Crippen molar-refractivity contribution >= 4 is 23.6 Å². The van der Waals surface area contributed by atoms with Gasteiger partial charge in [-0.05, 0) is 57.2 Å². The number of unbranched alkanes of at least 4 members (excludes halogenated alkanes) is 3. The highest BCUT2D eigenvalue weighted by molar-refractivity contribution is 7.99. The van der Waals surface area contributed by atoms with E-state index in [0.717, 1.165) is 57.8 Å². The maximum absolute atomic E-state index is 12.4. The number of hydrogen-bond donors (Lipinski definition) is 4. The molecule has 48 heavy (non-hydrogen) atoms. The van der Waals surface area contributed by atoms with Crippen molar-refractivity contribution in [3.8, 4) is 11.1 Å². The number of hydroxylamine groups is 1. The minimum atomic E-state index is -0.569. The number of aryl methyl sites for hydroxylation is 1. The quantitative estimate of drug-likeness (QED) is 0.0540. The first-order valence-corrected chi connectivity index (χ1v) is 17.1. The van der Waals surface area contributed by atoms with E-state index in [4.69, 9.17) is 14.7 Å². The van der Waals surface area contributed by atoms with E-state index < -0.39 is 6.29 Å². The summed E-state index contributed by atoms with van der Waals surface area (Å²) in [5.74, 6) is 0.274. The second kappa shape index (κ2) is 17.9. The van der Waals surface area contributed by atoms with Crippen LogP contribution in [0.1, 0.15) is 79.6 Å². The highest BCUT2D eigenvalue weighted by atomic mass is 32.2. The number of hydrogen-bond acceptors (Lipinski definition) is 10. The van der Waals surface area contributed by atoms with Crippen molar-refractivity contribution in [1.29, 1.82) is 0 Å². The average Bonchev–Trinajstić information content (AvgIpc) is 3.55. The van der Waals surface area contributed by atoms with Gasteiger partial charge in [-0.2, -0.15) is 0 Å². The Balaban J connectivity index is 1.18. The number of rotatable bonds is 16. The van der Waals surface area contributed by atoms with Gasteiger partial charge in [0.15, 0.2) is 6.29 Å². The number of ether oxygens (including phenoxy) is 2. The van der Waals surface area contributed by atoms with Crippen LogP contribution in [0.4, 0.5) is 0 Å². The lowest BCUT2D eigenvalue weighted by atomic mass is 9.99. The Morgan fingerprint density at radius 2 is 1.62 bits per heavy atom. The summed E-state index contributed by atoms with van der Waals surface area (Å²) >= 11 is 1.54. The van der Waals surface area contributed by atoms with E-state index in [0.29, 0.717) is 31.6 Å². The first kappa shape index (κ1) is 35.2. The number of nitrogens with one attached hydrogen (secondary N) is 2. The number of amides is 2. The van der Waals surface area contributed by atoms with Crippen LogP contribution in [-0.2, 0) is 39.3 Å². The summed E-state index contributed by atoms with van der Waals surface area (Å²) in [6, 6.07) is 24.1. The van der Waals surface area contributed by atoms with E-state index in [1.165, 1.54) is 0 Å². The molecule has 12 nitrogen and oxygen atoms in total. The minimum absolute atomic E-state index is 0.00191. The maximum Gasteiger partial charge on any atom is 0.243 e.